The second-order valence-electron chi connectivity index (χ2n) is 8.09. The Morgan fingerprint density at radius 2 is 1.17 bits per heavy atom. The van der Waals surface area contributed by atoms with E-state index in [0.717, 1.165) is 14.0 Å². The molecule has 29 heavy (non-hydrogen) atoms. The number of nitrogens with zero attached hydrogens (tertiary/aromatic N) is 1. The van der Waals surface area contributed by atoms with Crippen LogP contribution in [-0.2, 0) is 5.41 Å². The van der Waals surface area contributed by atoms with Crippen molar-refractivity contribution in [2.45, 2.75) is 26.2 Å². The van der Waals surface area contributed by atoms with Gasteiger partial charge in [0, 0.05) is 18.8 Å². The summed E-state index contributed by atoms with van der Waals surface area (Å²) in [6.45, 7) is 6.72. The molecule has 0 N–H and O–H groups in total. The van der Waals surface area contributed by atoms with Gasteiger partial charge in [-0.3, -0.25) is 0 Å². The summed E-state index contributed by atoms with van der Waals surface area (Å²) >= 11 is 0. The second-order valence-corrected chi connectivity index (χ2v) is 11.4. The van der Waals surface area contributed by atoms with E-state index in [1.165, 1.54) is 26.8 Å². The number of hydrogen-bond acceptors (Lipinski definition) is 1. The highest BCUT2D eigenvalue weighted by Crippen LogP contribution is 2.40. The number of rotatable bonds is 4. The first-order chi connectivity index (χ1) is 14.0. The maximum Gasteiger partial charge on any atom is 0.0513 e. The third-order valence-electron chi connectivity index (χ3n) is 4.87. The summed E-state index contributed by atoms with van der Waals surface area (Å²) in [4.78, 5) is 0. The third kappa shape index (κ3) is 4.48. The first-order valence-corrected chi connectivity index (χ1v) is 12.1. The molecular formula is C26H25NP2. The molecule has 0 spiro atoms. The quantitative estimate of drug-likeness (QED) is 0.354. The van der Waals surface area contributed by atoms with Crippen molar-refractivity contribution in [3.8, 4) is 11.1 Å². The Morgan fingerprint density at radius 3 is 1.66 bits per heavy atom. The van der Waals surface area contributed by atoms with E-state index in [-0.39, 0.29) is 5.41 Å². The van der Waals surface area contributed by atoms with Crippen LogP contribution in [0.2, 0.25) is 0 Å². The predicted octanol–water partition coefficient (Wildman–Crippen LogP) is 6.38. The molecule has 0 bridgehead atoms. The van der Waals surface area contributed by atoms with Crippen LogP contribution in [0.3, 0.4) is 0 Å². The molecule has 0 aliphatic heterocycles. The SMILES string of the molecule is CC(C)(C)c1cc(-c2ccccc2)c(P(c2ccccc2)c2ccccc2)pn1. The van der Waals surface area contributed by atoms with Crippen LogP contribution in [0.4, 0.5) is 0 Å². The monoisotopic (exact) mass is 413 g/mol. The highest BCUT2D eigenvalue weighted by Gasteiger charge is 2.24. The first kappa shape index (κ1) is 20.0. The molecule has 0 atom stereocenters. The average molecular weight is 413 g/mol. The topological polar surface area (TPSA) is 12.9 Å². The molecule has 0 fully saturated rings. The van der Waals surface area contributed by atoms with Crippen molar-refractivity contribution >= 4 is 31.9 Å². The van der Waals surface area contributed by atoms with Gasteiger partial charge in [-0.05, 0) is 35.7 Å². The van der Waals surface area contributed by atoms with Gasteiger partial charge in [0.15, 0.2) is 0 Å². The lowest BCUT2D eigenvalue weighted by Gasteiger charge is -2.24. The zero-order valence-electron chi connectivity index (χ0n) is 17.1. The molecule has 4 rings (SSSR count). The van der Waals surface area contributed by atoms with Crippen molar-refractivity contribution in [3.05, 3.63) is 103 Å². The molecule has 0 saturated heterocycles. The molecular weight excluding hydrogens is 388 g/mol. The highest BCUT2D eigenvalue weighted by atomic mass is 31.2. The van der Waals surface area contributed by atoms with Crippen molar-refractivity contribution < 1.29 is 0 Å². The van der Waals surface area contributed by atoms with Gasteiger partial charge in [0.25, 0.3) is 0 Å². The fourth-order valence-corrected chi connectivity index (χ4v) is 7.50. The van der Waals surface area contributed by atoms with E-state index in [1.807, 2.05) is 0 Å². The summed E-state index contributed by atoms with van der Waals surface area (Å²) in [7, 11) is 0.399. The summed E-state index contributed by atoms with van der Waals surface area (Å²) in [6, 6.07) is 34.9. The van der Waals surface area contributed by atoms with E-state index in [0.29, 0.717) is 0 Å². The fourth-order valence-electron chi connectivity index (χ4n) is 3.29. The number of hydrogen-bond donors (Lipinski definition) is 0. The first-order valence-electron chi connectivity index (χ1n) is 9.88. The molecule has 0 saturated carbocycles. The zero-order chi connectivity index (χ0) is 20.3. The van der Waals surface area contributed by atoms with Gasteiger partial charge >= 0.3 is 0 Å². The fraction of sp³-hybridized carbons (Fsp3) is 0.154. The molecule has 0 unspecified atom stereocenters. The van der Waals surface area contributed by atoms with Gasteiger partial charge in [0.05, 0.1) is 5.69 Å². The molecule has 1 nitrogen and oxygen atoms in total. The highest BCUT2D eigenvalue weighted by molar-refractivity contribution is 7.85. The zero-order valence-corrected chi connectivity index (χ0v) is 18.9. The van der Waals surface area contributed by atoms with Gasteiger partial charge in [-0.2, -0.15) is 0 Å². The Bertz CT molecular complexity index is 1030. The van der Waals surface area contributed by atoms with Gasteiger partial charge in [0.2, 0.25) is 0 Å². The van der Waals surface area contributed by atoms with Crippen LogP contribution in [0.5, 0.6) is 0 Å². The van der Waals surface area contributed by atoms with Gasteiger partial charge in [-0.1, -0.05) is 112 Å². The molecule has 144 valence electrons. The van der Waals surface area contributed by atoms with E-state index in [9.17, 15) is 0 Å². The lowest BCUT2D eigenvalue weighted by molar-refractivity contribution is 0.575. The van der Waals surface area contributed by atoms with Crippen LogP contribution in [0.25, 0.3) is 11.1 Å². The van der Waals surface area contributed by atoms with Crippen molar-refractivity contribution in [1.82, 2.24) is 4.75 Å². The standard InChI is InChI=1S/C26H25NP2/c1-26(2,3)24-19-23(20-13-7-4-8-14-20)25(28-27-24)29(21-15-9-5-10-16-21)22-17-11-6-12-18-22/h4-19H,1-3H3. The summed E-state index contributed by atoms with van der Waals surface area (Å²) < 4.78 is 5.02. The van der Waals surface area contributed by atoms with Gasteiger partial charge in [-0.15, -0.1) is 0 Å². The third-order valence-corrected chi connectivity index (χ3v) is 8.78. The smallest absolute Gasteiger partial charge is 0.0513 e. The average Bonchev–Trinajstić information content (AvgIpc) is 2.75. The summed E-state index contributed by atoms with van der Waals surface area (Å²) in [5.41, 5.74) is 3.79. The molecule has 0 amide bonds. The van der Waals surface area contributed by atoms with Crippen LogP contribution in [-0.4, -0.2) is 4.75 Å². The summed E-state index contributed by atoms with van der Waals surface area (Å²) in [5, 5.41) is 4.14. The molecule has 1 aromatic heterocycles. The van der Waals surface area contributed by atoms with Crippen molar-refractivity contribution in [2.75, 3.05) is 0 Å². The lowest BCUT2D eigenvalue weighted by atomic mass is 9.91. The molecule has 1 heterocycles. The maximum absolute atomic E-state index is 5.02. The Hall–Kier alpha value is -2.33. The van der Waals surface area contributed by atoms with Crippen molar-refractivity contribution in [2.24, 2.45) is 0 Å². The predicted molar refractivity (Wildman–Crippen MR) is 130 cm³/mol. The van der Waals surface area contributed by atoms with Crippen LogP contribution in [0.1, 0.15) is 26.5 Å². The minimum Gasteiger partial charge on any atom is -0.231 e. The number of benzene rings is 3. The van der Waals surface area contributed by atoms with E-state index < -0.39 is 7.92 Å². The van der Waals surface area contributed by atoms with E-state index >= 15 is 0 Å². The van der Waals surface area contributed by atoms with E-state index in [2.05, 4.69) is 118 Å². The van der Waals surface area contributed by atoms with Crippen LogP contribution < -0.4 is 15.6 Å². The molecule has 3 aromatic carbocycles. The second kappa shape index (κ2) is 8.58. The van der Waals surface area contributed by atoms with Crippen LogP contribution >= 0.6 is 16.3 Å². The largest absolute Gasteiger partial charge is 0.231 e. The molecule has 4 aromatic rings. The Balaban J connectivity index is 1.98. The molecule has 0 aliphatic rings. The van der Waals surface area contributed by atoms with E-state index in [1.54, 1.807) is 0 Å². The van der Waals surface area contributed by atoms with Crippen molar-refractivity contribution in [3.63, 3.8) is 0 Å². The molecule has 0 radical (unpaired) electrons. The normalized spacial score (nSPS) is 11.9. The Morgan fingerprint density at radius 1 is 0.690 bits per heavy atom. The Labute approximate surface area is 176 Å². The number of aromatic nitrogens is 1. The molecule has 3 heteroatoms. The summed E-state index contributed by atoms with van der Waals surface area (Å²) in [5.74, 6) is 0. The Kier molecular flexibility index (Phi) is 5.91. The van der Waals surface area contributed by atoms with Crippen LogP contribution in [0.15, 0.2) is 97.1 Å². The minimum absolute atomic E-state index is 0.0286. The van der Waals surface area contributed by atoms with Crippen molar-refractivity contribution in [1.29, 1.82) is 0 Å². The van der Waals surface area contributed by atoms with Gasteiger partial charge < -0.3 is 0 Å². The van der Waals surface area contributed by atoms with E-state index in [4.69, 9.17) is 4.75 Å². The minimum atomic E-state index is -0.658. The van der Waals surface area contributed by atoms with Crippen LogP contribution in [0, 0.1) is 0 Å². The lowest BCUT2D eigenvalue weighted by Crippen LogP contribution is -2.22. The summed E-state index contributed by atoms with van der Waals surface area (Å²) in [6.07, 6.45) is 0. The molecule has 0 aliphatic carbocycles. The van der Waals surface area contributed by atoms with Gasteiger partial charge in [-0.25, -0.2) is 4.75 Å². The maximum atomic E-state index is 5.02. The van der Waals surface area contributed by atoms with Gasteiger partial charge in [0.1, 0.15) is 0 Å².